The van der Waals surface area contributed by atoms with E-state index in [-0.39, 0.29) is 161 Å². The minimum atomic E-state index is -1.18. The molecule has 0 atom stereocenters. The first kappa shape index (κ1) is 50.2. The number of phenolic OH excluding ortho intramolecular Hbond substituents is 4. The van der Waals surface area contributed by atoms with Crippen LogP contribution in [0.3, 0.4) is 0 Å². The van der Waals surface area contributed by atoms with Crippen molar-refractivity contribution < 1.29 is 60.0 Å². The summed E-state index contributed by atoms with van der Waals surface area (Å²) in [6.45, 7) is 0. The maximum absolute atomic E-state index is 12.2. The molecule has 9 rings (SSSR count). The van der Waals surface area contributed by atoms with Gasteiger partial charge in [-0.05, 0) is 121 Å². The summed E-state index contributed by atoms with van der Waals surface area (Å²) in [4.78, 5) is 47.0. The average Bonchev–Trinajstić information content (AvgIpc) is 3.41. The molecule has 0 saturated carbocycles. The fraction of sp³-hybridized carbons (Fsp3) is 0.0714. The number of hydrogen-bond donors (Lipinski definition) is 8. The highest BCUT2D eigenvalue weighted by Crippen LogP contribution is 2.43. The number of carboxylic acid groups (broad SMARTS) is 4. The van der Waals surface area contributed by atoms with Crippen LogP contribution in [0.1, 0.15) is 85.9 Å². The number of fused-ring (bicyclic) bond motifs is 8. The second kappa shape index (κ2) is 21.5. The standard InChI is InChI=1S/C56H40N8O12/c65-49-33-13-35-23-46(62-58-42-10-2-6-30(18-42)54(71)72)25-37(50(35)66)15-39-27-48(64-60-44-12-4-8-32(20-44)56(75)76)28-40(52(39)68)16-38-26-47(63-59-43-11-3-7-31(19-43)55(73)74)24-36(51(38)67)14-34(49)22-45(21-33)61-57-41-9-1-5-29(17-41)53(69)70/h1-12,17-28,65-68H,13-16H2,(H,69,70)(H,71,72)(H,73,74)(H,75,76). The maximum atomic E-state index is 12.2. The summed E-state index contributed by atoms with van der Waals surface area (Å²) < 4.78 is 0. The van der Waals surface area contributed by atoms with Crippen LogP contribution in [0.4, 0.5) is 45.5 Å². The normalized spacial score (nSPS) is 12.4. The van der Waals surface area contributed by atoms with Crippen molar-refractivity contribution in [3.8, 4) is 23.0 Å². The largest absolute Gasteiger partial charge is 0.507 e. The lowest BCUT2D eigenvalue weighted by Gasteiger charge is -2.18. The summed E-state index contributed by atoms with van der Waals surface area (Å²) >= 11 is 0. The Morgan fingerprint density at radius 3 is 0.605 bits per heavy atom. The minimum Gasteiger partial charge on any atom is -0.507 e. The molecular weight excluding hydrogens is 977 g/mol. The highest BCUT2D eigenvalue weighted by atomic mass is 16.4. The van der Waals surface area contributed by atoms with Crippen molar-refractivity contribution >= 4 is 69.4 Å². The predicted molar refractivity (Wildman–Crippen MR) is 274 cm³/mol. The van der Waals surface area contributed by atoms with Crippen molar-refractivity contribution in [3.63, 3.8) is 0 Å². The van der Waals surface area contributed by atoms with E-state index in [0.29, 0.717) is 0 Å². The fourth-order valence-corrected chi connectivity index (χ4v) is 8.36. The van der Waals surface area contributed by atoms with Gasteiger partial charge in [0.2, 0.25) is 0 Å². The van der Waals surface area contributed by atoms with E-state index in [9.17, 15) is 60.0 Å². The van der Waals surface area contributed by atoms with Crippen LogP contribution in [0, 0.1) is 0 Å². The van der Waals surface area contributed by atoms with E-state index in [4.69, 9.17) is 0 Å². The lowest BCUT2D eigenvalue weighted by Crippen LogP contribution is -2.01. The number of aromatic hydroxyl groups is 4. The van der Waals surface area contributed by atoms with Crippen molar-refractivity contribution in [1.29, 1.82) is 0 Å². The SMILES string of the molecule is O=C(O)c1cccc(N=Nc2cc3c(O)c(c2)Cc2cc(N=Nc4cccc(C(=O)O)c4)cc(c2O)Cc2cc(N=Nc4cccc(C(=O)O)c4)cc(c2O)Cc2cc(N=Nc4cccc(C(=O)O)c4)cc(c2O)C3)c1. The van der Waals surface area contributed by atoms with Crippen LogP contribution in [0.15, 0.2) is 187 Å². The first-order chi connectivity index (χ1) is 36.5. The van der Waals surface area contributed by atoms with Crippen molar-refractivity contribution in [1.82, 2.24) is 0 Å². The topological polar surface area (TPSA) is 329 Å². The molecular formula is C56H40N8O12. The van der Waals surface area contributed by atoms with Gasteiger partial charge in [-0.2, -0.15) is 40.9 Å². The van der Waals surface area contributed by atoms with E-state index in [1.165, 1.54) is 121 Å². The molecule has 376 valence electrons. The van der Waals surface area contributed by atoms with Crippen molar-refractivity contribution in [2.24, 2.45) is 40.9 Å². The van der Waals surface area contributed by atoms with Crippen molar-refractivity contribution in [2.45, 2.75) is 25.7 Å². The van der Waals surface area contributed by atoms with E-state index in [1.807, 2.05) is 0 Å². The molecule has 8 aromatic carbocycles. The molecule has 0 aromatic heterocycles. The third kappa shape index (κ3) is 11.6. The van der Waals surface area contributed by atoms with Gasteiger partial charge in [-0.15, -0.1) is 0 Å². The first-order valence-corrected chi connectivity index (χ1v) is 22.9. The fourth-order valence-electron chi connectivity index (χ4n) is 8.36. The molecule has 1 aliphatic rings. The van der Waals surface area contributed by atoms with Crippen LogP contribution >= 0.6 is 0 Å². The molecule has 0 unspecified atom stereocenters. The summed E-state index contributed by atoms with van der Waals surface area (Å²) in [6.07, 6.45) is -0.797. The Morgan fingerprint density at radius 1 is 0.263 bits per heavy atom. The molecule has 8 bridgehead atoms. The second-order valence-electron chi connectivity index (χ2n) is 17.4. The third-order valence-electron chi connectivity index (χ3n) is 12.0. The zero-order valence-electron chi connectivity index (χ0n) is 39.5. The molecule has 0 radical (unpaired) electrons. The molecule has 0 spiro atoms. The number of hydrogen-bond acceptors (Lipinski definition) is 16. The van der Waals surface area contributed by atoms with Crippen LogP contribution < -0.4 is 0 Å². The Kier molecular flexibility index (Phi) is 14.2. The zero-order chi connectivity index (χ0) is 53.6. The molecule has 76 heavy (non-hydrogen) atoms. The number of benzene rings is 8. The molecule has 8 N–H and O–H groups in total. The molecule has 0 aliphatic heterocycles. The molecule has 8 aromatic rings. The van der Waals surface area contributed by atoms with Gasteiger partial charge in [0.25, 0.3) is 0 Å². The Labute approximate surface area is 430 Å². The Hall–Kier alpha value is -10.8. The summed E-state index contributed by atoms with van der Waals surface area (Å²) in [5.74, 6) is -5.75. The van der Waals surface area contributed by atoms with Gasteiger partial charge >= 0.3 is 23.9 Å². The number of nitrogens with zero attached hydrogens (tertiary/aromatic N) is 8. The molecule has 0 heterocycles. The molecule has 1 aliphatic carbocycles. The van der Waals surface area contributed by atoms with E-state index < -0.39 is 23.9 Å². The lowest BCUT2D eigenvalue weighted by atomic mass is 9.90. The van der Waals surface area contributed by atoms with Crippen molar-refractivity contribution in [2.75, 3.05) is 0 Å². The summed E-state index contributed by atoms with van der Waals surface area (Å²) in [5, 5.41) is 122. The van der Waals surface area contributed by atoms with Crippen molar-refractivity contribution in [3.05, 3.63) is 212 Å². The molecule has 20 heteroatoms. The second-order valence-corrected chi connectivity index (χ2v) is 17.4. The molecule has 0 fully saturated rings. The Balaban J connectivity index is 1.24. The number of aromatic carboxylic acids is 4. The van der Waals surface area contributed by atoms with Gasteiger partial charge in [0, 0.05) is 70.2 Å². The highest BCUT2D eigenvalue weighted by Gasteiger charge is 2.23. The van der Waals surface area contributed by atoms with E-state index in [2.05, 4.69) is 40.9 Å². The first-order valence-electron chi connectivity index (χ1n) is 22.9. The number of phenols is 4. The van der Waals surface area contributed by atoms with E-state index >= 15 is 0 Å². The summed E-state index contributed by atoms with van der Waals surface area (Å²) in [5.41, 5.74) is 3.07. The zero-order valence-corrected chi connectivity index (χ0v) is 39.5. The van der Waals surface area contributed by atoms with E-state index in [1.54, 1.807) is 24.3 Å². The molecule has 0 amide bonds. The number of carbonyl (C=O) groups is 4. The maximum Gasteiger partial charge on any atom is 0.335 e. The number of rotatable bonds is 12. The van der Waals surface area contributed by atoms with Gasteiger partial charge in [0.1, 0.15) is 23.0 Å². The van der Waals surface area contributed by atoms with Crippen LogP contribution in [-0.4, -0.2) is 64.7 Å². The van der Waals surface area contributed by atoms with Gasteiger partial charge in [-0.1, -0.05) is 24.3 Å². The highest BCUT2D eigenvalue weighted by molar-refractivity contribution is 5.90. The van der Waals surface area contributed by atoms with Gasteiger partial charge in [-0.25, -0.2) is 19.2 Å². The summed E-state index contributed by atoms with van der Waals surface area (Å²) in [7, 11) is 0. The van der Waals surface area contributed by atoms with Gasteiger partial charge in [-0.3, -0.25) is 0 Å². The van der Waals surface area contributed by atoms with Gasteiger partial charge < -0.3 is 40.9 Å². The van der Waals surface area contributed by atoms with Crippen LogP contribution in [0.5, 0.6) is 23.0 Å². The lowest BCUT2D eigenvalue weighted by molar-refractivity contribution is 0.0686. The third-order valence-corrected chi connectivity index (χ3v) is 12.0. The van der Waals surface area contributed by atoms with E-state index in [0.717, 1.165) is 0 Å². The minimum absolute atomic E-state index is 0.0316. The Morgan fingerprint density at radius 2 is 0.434 bits per heavy atom. The Bertz CT molecular complexity index is 3230. The molecule has 0 saturated heterocycles. The van der Waals surface area contributed by atoms with Gasteiger partial charge in [0.15, 0.2) is 0 Å². The van der Waals surface area contributed by atoms with Crippen LogP contribution in [0.25, 0.3) is 0 Å². The monoisotopic (exact) mass is 1020 g/mol. The predicted octanol–water partition coefficient (Wildman–Crippen LogP) is 13.6. The number of carboxylic acids is 4. The summed E-state index contributed by atoms with van der Waals surface area (Å²) in [6, 6.07) is 35.2. The van der Waals surface area contributed by atoms with Crippen LogP contribution in [0.2, 0.25) is 0 Å². The number of azo groups is 4. The average molecular weight is 1020 g/mol. The van der Waals surface area contributed by atoms with Crippen LogP contribution in [-0.2, 0) is 25.7 Å². The quantitative estimate of drug-likeness (QED) is 0.0530. The van der Waals surface area contributed by atoms with Gasteiger partial charge in [0.05, 0.1) is 67.8 Å². The molecule has 20 nitrogen and oxygen atoms in total. The smallest absolute Gasteiger partial charge is 0.335 e.